The van der Waals surface area contributed by atoms with Crippen LogP contribution in [-0.2, 0) is 18.9 Å². The molecule has 0 aromatic heterocycles. The Morgan fingerprint density at radius 2 is 0.784 bits per heavy atom. The molecule has 2 amide bonds. The van der Waals surface area contributed by atoms with Crippen molar-refractivity contribution in [2.45, 2.75) is 0 Å². The zero-order valence-electron chi connectivity index (χ0n) is 20.5. The van der Waals surface area contributed by atoms with Gasteiger partial charge in [0.05, 0.1) is 64.0 Å². The first kappa shape index (κ1) is 26.7. The molecule has 0 bridgehead atoms. The number of hydrogen-bond acceptors (Lipinski definition) is 10. The maximum Gasteiger partial charge on any atom is 0.259 e. The molecule has 0 aliphatic carbocycles. The van der Waals surface area contributed by atoms with E-state index in [2.05, 4.69) is 5.32 Å². The molecule has 11 nitrogen and oxygen atoms in total. The summed E-state index contributed by atoms with van der Waals surface area (Å²) < 4.78 is 45.4. The molecule has 2 aliphatic heterocycles. The molecule has 0 unspecified atom stereocenters. The van der Waals surface area contributed by atoms with Crippen molar-refractivity contribution in [1.29, 1.82) is 0 Å². The monoisotopic (exact) mass is 517 g/mol. The standard InChI is InChI=1S/C26H31NO10/c28-25-19-17-23-24(18-20(19)26(29)27-25)37-16-12-33-8-6-31-10-14-35-22-4-2-1-3-21(22)34-13-9-30-5-7-32-11-15-36-23/h1-4,17-18H,5-16H2,(H,27,28,29). The molecule has 1 N–H and O–H groups in total. The molecule has 37 heavy (non-hydrogen) atoms. The highest BCUT2D eigenvalue weighted by atomic mass is 16.6. The molecular weight excluding hydrogens is 486 g/mol. The molecule has 0 atom stereocenters. The smallest absolute Gasteiger partial charge is 0.259 e. The van der Waals surface area contributed by atoms with E-state index in [4.69, 9.17) is 37.9 Å². The lowest BCUT2D eigenvalue weighted by Crippen LogP contribution is -2.19. The number of rotatable bonds is 0. The zero-order chi connectivity index (χ0) is 25.7. The number of carbonyl (C=O) groups is 2. The van der Waals surface area contributed by atoms with E-state index < -0.39 is 11.8 Å². The van der Waals surface area contributed by atoms with Crippen molar-refractivity contribution >= 4 is 11.8 Å². The van der Waals surface area contributed by atoms with Gasteiger partial charge in [0.1, 0.15) is 26.4 Å². The Bertz CT molecular complexity index is 964. The third-order valence-electron chi connectivity index (χ3n) is 5.33. The summed E-state index contributed by atoms with van der Waals surface area (Å²) in [7, 11) is 0. The first-order chi connectivity index (χ1) is 18.2. The van der Waals surface area contributed by atoms with Crippen LogP contribution in [0.15, 0.2) is 36.4 Å². The van der Waals surface area contributed by atoms with E-state index in [1.807, 2.05) is 24.3 Å². The third-order valence-corrected chi connectivity index (χ3v) is 5.33. The van der Waals surface area contributed by atoms with Crippen LogP contribution in [-0.4, -0.2) is 91.1 Å². The van der Waals surface area contributed by atoms with Gasteiger partial charge in [-0.1, -0.05) is 12.1 Å². The topological polar surface area (TPSA) is 120 Å². The fourth-order valence-electron chi connectivity index (χ4n) is 3.57. The summed E-state index contributed by atoms with van der Waals surface area (Å²) in [6.45, 7) is 4.13. The van der Waals surface area contributed by atoms with E-state index in [-0.39, 0.29) is 24.3 Å². The van der Waals surface area contributed by atoms with Crippen molar-refractivity contribution in [2.24, 2.45) is 0 Å². The van der Waals surface area contributed by atoms with Crippen LogP contribution in [0, 0.1) is 0 Å². The van der Waals surface area contributed by atoms with E-state index in [1.165, 1.54) is 12.1 Å². The van der Waals surface area contributed by atoms with Gasteiger partial charge in [0.25, 0.3) is 11.8 Å². The summed E-state index contributed by atoms with van der Waals surface area (Å²) in [5.74, 6) is 1.05. The fourth-order valence-corrected chi connectivity index (χ4v) is 3.57. The molecule has 4 rings (SSSR count). The van der Waals surface area contributed by atoms with Gasteiger partial charge in [-0.25, -0.2) is 0 Å². The highest BCUT2D eigenvalue weighted by Crippen LogP contribution is 2.33. The van der Waals surface area contributed by atoms with Crippen LogP contribution >= 0.6 is 0 Å². The molecule has 200 valence electrons. The zero-order valence-corrected chi connectivity index (χ0v) is 20.5. The number of hydrogen-bond donors (Lipinski definition) is 1. The van der Waals surface area contributed by atoms with E-state index in [0.29, 0.717) is 89.1 Å². The number of imide groups is 1. The fraction of sp³-hybridized carbons (Fsp3) is 0.462. The van der Waals surface area contributed by atoms with E-state index in [9.17, 15) is 9.59 Å². The molecule has 2 heterocycles. The Morgan fingerprint density at radius 3 is 1.16 bits per heavy atom. The molecule has 0 fully saturated rings. The largest absolute Gasteiger partial charge is 0.487 e. The molecule has 0 spiro atoms. The Morgan fingerprint density at radius 1 is 0.459 bits per heavy atom. The molecule has 2 aromatic carbocycles. The SMILES string of the molecule is O=C1NC(=O)c2cc3c(cc21)OCCOCCOCCOc1ccccc1OCCOCCOCCO3. The number of nitrogens with one attached hydrogen (secondary N) is 1. The molecule has 2 aliphatic rings. The lowest BCUT2D eigenvalue weighted by atomic mass is 10.1. The van der Waals surface area contributed by atoms with Crippen molar-refractivity contribution in [3.05, 3.63) is 47.5 Å². The Balaban J connectivity index is 1.31. The highest BCUT2D eigenvalue weighted by molar-refractivity contribution is 6.21. The number of amides is 2. The second kappa shape index (κ2) is 14.4. The van der Waals surface area contributed by atoms with Crippen molar-refractivity contribution in [1.82, 2.24) is 5.32 Å². The first-order valence-corrected chi connectivity index (χ1v) is 12.2. The molecule has 0 radical (unpaired) electrons. The number of benzene rings is 2. The second-order valence-corrected chi connectivity index (χ2v) is 7.92. The first-order valence-electron chi connectivity index (χ1n) is 12.2. The van der Waals surface area contributed by atoms with Gasteiger partial charge in [-0.3, -0.25) is 14.9 Å². The predicted molar refractivity (Wildman–Crippen MR) is 130 cm³/mol. The second-order valence-electron chi connectivity index (χ2n) is 7.92. The van der Waals surface area contributed by atoms with Gasteiger partial charge in [-0.15, -0.1) is 0 Å². The Labute approximate surface area is 214 Å². The van der Waals surface area contributed by atoms with Crippen molar-refractivity contribution in [3.8, 4) is 23.0 Å². The highest BCUT2D eigenvalue weighted by Gasteiger charge is 2.29. The summed E-state index contributed by atoms with van der Waals surface area (Å²) in [6.07, 6.45) is 0. The average Bonchev–Trinajstić information content (AvgIpc) is 3.18. The van der Waals surface area contributed by atoms with Gasteiger partial charge in [0, 0.05) is 0 Å². The van der Waals surface area contributed by atoms with Crippen LogP contribution in [0.5, 0.6) is 23.0 Å². The number of fused-ring (bicyclic) bond motifs is 3. The van der Waals surface area contributed by atoms with Crippen LogP contribution in [0.3, 0.4) is 0 Å². The average molecular weight is 518 g/mol. The van der Waals surface area contributed by atoms with Crippen LogP contribution in [0.4, 0.5) is 0 Å². The Hall–Kier alpha value is -3.38. The van der Waals surface area contributed by atoms with Crippen LogP contribution < -0.4 is 24.3 Å². The predicted octanol–water partition coefficient (Wildman–Crippen LogP) is 1.87. The maximum atomic E-state index is 12.0. The van der Waals surface area contributed by atoms with Gasteiger partial charge in [-0.2, -0.15) is 0 Å². The molecule has 11 heteroatoms. The summed E-state index contributed by atoms with van der Waals surface area (Å²) in [5.41, 5.74) is 0.495. The number of para-hydroxylation sites is 2. The molecular formula is C26H31NO10. The van der Waals surface area contributed by atoms with Crippen LogP contribution in [0.25, 0.3) is 0 Å². The number of carbonyl (C=O) groups excluding carboxylic acids is 2. The number of ether oxygens (including phenoxy) is 8. The van der Waals surface area contributed by atoms with Crippen molar-refractivity contribution in [2.75, 3.05) is 79.3 Å². The minimum atomic E-state index is -0.467. The van der Waals surface area contributed by atoms with E-state index >= 15 is 0 Å². The maximum absolute atomic E-state index is 12.0. The van der Waals surface area contributed by atoms with Crippen LogP contribution in [0.1, 0.15) is 20.7 Å². The summed E-state index contributed by atoms with van der Waals surface area (Å²) in [5, 5.41) is 2.27. The van der Waals surface area contributed by atoms with Gasteiger partial charge in [0.15, 0.2) is 23.0 Å². The summed E-state index contributed by atoms with van der Waals surface area (Å²) >= 11 is 0. The van der Waals surface area contributed by atoms with Gasteiger partial charge in [-0.05, 0) is 24.3 Å². The van der Waals surface area contributed by atoms with E-state index in [1.54, 1.807) is 0 Å². The van der Waals surface area contributed by atoms with Crippen molar-refractivity contribution < 1.29 is 47.5 Å². The molecule has 0 saturated carbocycles. The van der Waals surface area contributed by atoms with Crippen molar-refractivity contribution in [3.63, 3.8) is 0 Å². The van der Waals surface area contributed by atoms with Gasteiger partial charge < -0.3 is 37.9 Å². The van der Waals surface area contributed by atoms with Gasteiger partial charge >= 0.3 is 0 Å². The van der Waals surface area contributed by atoms with E-state index in [0.717, 1.165) is 0 Å². The normalized spacial score (nSPS) is 18.8. The summed E-state index contributed by atoms with van der Waals surface area (Å²) in [4.78, 5) is 24.1. The van der Waals surface area contributed by atoms with Gasteiger partial charge in [0.2, 0.25) is 0 Å². The summed E-state index contributed by atoms with van der Waals surface area (Å²) in [6, 6.07) is 10.5. The molecule has 0 saturated heterocycles. The third kappa shape index (κ3) is 8.05. The lowest BCUT2D eigenvalue weighted by molar-refractivity contribution is 0.0223. The minimum absolute atomic E-state index is 0.221. The Kier molecular flexibility index (Phi) is 10.4. The molecule has 2 aromatic rings. The quantitative estimate of drug-likeness (QED) is 0.519. The minimum Gasteiger partial charge on any atom is -0.487 e. The lowest BCUT2D eigenvalue weighted by Gasteiger charge is -2.15. The van der Waals surface area contributed by atoms with Crippen LogP contribution in [0.2, 0.25) is 0 Å².